The molecule has 142 valence electrons. The molecule has 4 heteroatoms. The predicted octanol–water partition coefficient (Wildman–Crippen LogP) is 7.26. The van der Waals surface area contributed by atoms with E-state index in [1.54, 1.807) is 0 Å². The first kappa shape index (κ1) is 23.4. The molecule has 0 atom stereocenters. The molecular weight excluding hydrogens is 325 g/mol. The first-order valence-corrected chi connectivity index (χ1v) is 9.18. The van der Waals surface area contributed by atoms with E-state index in [1.165, 1.54) is 19.3 Å². The van der Waals surface area contributed by atoms with Gasteiger partial charge in [0.1, 0.15) is 0 Å². The Bertz CT molecular complexity index is 443. The van der Waals surface area contributed by atoms with Crippen LogP contribution in [0, 0.1) is 0 Å². The molecule has 0 saturated heterocycles. The highest BCUT2D eigenvalue weighted by Gasteiger charge is 2.36. The normalized spacial score (nSPS) is 13.1. The van der Waals surface area contributed by atoms with Crippen molar-refractivity contribution >= 4 is 5.78 Å². The van der Waals surface area contributed by atoms with Crippen LogP contribution in [0.3, 0.4) is 0 Å². The van der Waals surface area contributed by atoms with Crippen molar-refractivity contribution < 1.29 is 18.0 Å². The van der Waals surface area contributed by atoms with Crippen molar-refractivity contribution in [1.82, 2.24) is 0 Å². The number of carbonyl (C=O) groups is 1. The van der Waals surface area contributed by atoms with Gasteiger partial charge in [-0.15, -0.1) is 0 Å². The van der Waals surface area contributed by atoms with Crippen LogP contribution in [-0.4, -0.2) is 12.0 Å². The summed E-state index contributed by atoms with van der Waals surface area (Å²) < 4.78 is 35.9. The Hall–Kier alpha value is -1.58. The summed E-state index contributed by atoms with van der Waals surface area (Å²) in [5.74, 6) is -1.64. The molecule has 0 aromatic heterocycles. The van der Waals surface area contributed by atoms with Gasteiger partial charge in [0.2, 0.25) is 5.78 Å². The van der Waals surface area contributed by atoms with Crippen molar-refractivity contribution in [2.75, 3.05) is 0 Å². The van der Waals surface area contributed by atoms with Crippen LogP contribution in [0.5, 0.6) is 0 Å². The number of hydrogen-bond donors (Lipinski definition) is 0. The topological polar surface area (TPSA) is 17.1 Å². The van der Waals surface area contributed by atoms with Crippen LogP contribution in [0.2, 0.25) is 0 Å². The molecule has 0 aromatic rings. The molecule has 0 unspecified atom stereocenters. The predicted molar refractivity (Wildman–Crippen MR) is 99.5 cm³/mol. The second kappa shape index (κ2) is 15.9. The molecule has 0 N–H and O–H groups in total. The number of carbonyl (C=O) groups excluding carboxylic acids is 1. The van der Waals surface area contributed by atoms with Gasteiger partial charge in [0.05, 0.1) is 0 Å². The minimum Gasteiger partial charge on any atom is -0.290 e. The van der Waals surface area contributed by atoms with E-state index in [9.17, 15) is 18.0 Å². The van der Waals surface area contributed by atoms with E-state index in [0.717, 1.165) is 25.7 Å². The zero-order valence-corrected chi connectivity index (χ0v) is 15.2. The van der Waals surface area contributed by atoms with Crippen molar-refractivity contribution in [3.63, 3.8) is 0 Å². The molecule has 0 radical (unpaired) electrons. The molecule has 0 aromatic carbocycles. The Morgan fingerprint density at radius 1 is 0.720 bits per heavy atom. The summed E-state index contributed by atoms with van der Waals surface area (Å²) in [5.41, 5.74) is 0. The molecule has 1 nitrogen and oxygen atoms in total. The Morgan fingerprint density at radius 3 is 1.60 bits per heavy atom. The SMILES string of the molecule is CCCCC/C=C/C/C=C/C/C=C\C/C=C\CCCC(=O)C(F)(F)F. The summed E-state index contributed by atoms with van der Waals surface area (Å²) in [5, 5.41) is 0. The van der Waals surface area contributed by atoms with Crippen LogP contribution in [0.4, 0.5) is 13.2 Å². The molecule has 0 bridgehead atoms. The molecule has 25 heavy (non-hydrogen) atoms. The quantitative estimate of drug-likeness (QED) is 0.236. The van der Waals surface area contributed by atoms with Crippen LogP contribution in [-0.2, 0) is 4.79 Å². The second-order valence-corrected chi connectivity index (χ2v) is 5.90. The number of halogens is 3. The molecule has 0 spiro atoms. The Balaban J connectivity index is 3.54. The highest BCUT2D eigenvalue weighted by molar-refractivity contribution is 5.83. The molecule has 0 rings (SSSR count). The Morgan fingerprint density at radius 2 is 1.16 bits per heavy atom. The van der Waals surface area contributed by atoms with E-state index < -0.39 is 18.4 Å². The average Bonchev–Trinajstić information content (AvgIpc) is 2.56. The number of alkyl halides is 3. The smallest absolute Gasteiger partial charge is 0.290 e. The molecule has 0 aliphatic rings. The molecule has 0 fully saturated rings. The van der Waals surface area contributed by atoms with Crippen molar-refractivity contribution in [1.29, 1.82) is 0 Å². The van der Waals surface area contributed by atoms with Crippen molar-refractivity contribution in [3.05, 3.63) is 48.6 Å². The van der Waals surface area contributed by atoms with Crippen molar-refractivity contribution in [2.45, 2.75) is 77.3 Å². The first-order valence-electron chi connectivity index (χ1n) is 9.18. The van der Waals surface area contributed by atoms with Crippen LogP contribution in [0.25, 0.3) is 0 Å². The largest absolute Gasteiger partial charge is 0.449 e. The van der Waals surface area contributed by atoms with Crippen molar-refractivity contribution in [3.8, 4) is 0 Å². The third-order valence-electron chi connectivity index (χ3n) is 3.55. The molecule has 0 aliphatic heterocycles. The lowest BCUT2D eigenvalue weighted by molar-refractivity contribution is -0.171. The number of unbranched alkanes of at least 4 members (excludes halogenated alkanes) is 4. The first-order chi connectivity index (χ1) is 12.0. The molecule has 0 amide bonds. The van der Waals surface area contributed by atoms with Crippen LogP contribution < -0.4 is 0 Å². The fraction of sp³-hybridized carbons (Fsp3) is 0.571. The summed E-state index contributed by atoms with van der Waals surface area (Å²) in [6.07, 6.45) is 19.8. The monoisotopic (exact) mass is 356 g/mol. The number of ketones is 1. The van der Waals surface area contributed by atoms with Gasteiger partial charge in [0, 0.05) is 6.42 Å². The maximum atomic E-state index is 12.0. The summed E-state index contributed by atoms with van der Waals surface area (Å²) in [4.78, 5) is 10.7. The van der Waals surface area contributed by atoms with Gasteiger partial charge in [-0.3, -0.25) is 4.79 Å². The van der Waals surface area contributed by atoms with Gasteiger partial charge in [-0.05, 0) is 44.9 Å². The van der Waals surface area contributed by atoms with Crippen LogP contribution in [0.1, 0.15) is 71.1 Å². The van der Waals surface area contributed by atoms with Gasteiger partial charge in [0.25, 0.3) is 0 Å². The van der Waals surface area contributed by atoms with E-state index in [1.807, 2.05) is 18.2 Å². The highest BCUT2D eigenvalue weighted by Crippen LogP contribution is 2.19. The zero-order chi connectivity index (χ0) is 18.8. The Labute approximate surface area is 150 Å². The zero-order valence-electron chi connectivity index (χ0n) is 15.2. The van der Waals surface area contributed by atoms with Crippen molar-refractivity contribution in [2.24, 2.45) is 0 Å². The third-order valence-corrected chi connectivity index (χ3v) is 3.55. The van der Waals surface area contributed by atoms with Crippen LogP contribution in [0.15, 0.2) is 48.6 Å². The van der Waals surface area contributed by atoms with Gasteiger partial charge < -0.3 is 0 Å². The molecule has 0 heterocycles. The van der Waals surface area contributed by atoms with E-state index in [-0.39, 0.29) is 6.42 Å². The fourth-order valence-corrected chi connectivity index (χ4v) is 2.08. The van der Waals surface area contributed by atoms with E-state index in [0.29, 0.717) is 6.42 Å². The number of rotatable bonds is 14. The lowest BCUT2D eigenvalue weighted by Crippen LogP contribution is -2.22. The summed E-state index contributed by atoms with van der Waals surface area (Å²) >= 11 is 0. The number of hydrogen-bond acceptors (Lipinski definition) is 1. The van der Waals surface area contributed by atoms with E-state index in [2.05, 4.69) is 37.3 Å². The van der Waals surface area contributed by atoms with Gasteiger partial charge in [-0.1, -0.05) is 68.4 Å². The Kier molecular flexibility index (Phi) is 14.9. The van der Waals surface area contributed by atoms with Gasteiger partial charge >= 0.3 is 6.18 Å². The fourth-order valence-electron chi connectivity index (χ4n) is 2.08. The van der Waals surface area contributed by atoms with Gasteiger partial charge in [0.15, 0.2) is 0 Å². The number of allylic oxidation sites excluding steroid dienone is 8. The molecule has 0 saturated carbocycles. The second-order valence-electron chi connectivity index (χ2n) is 5.90. The van der Waals surface area contributed by atoms with Gasteiger partial charge in [-0.25, -0.2) is 0 Å². The minimum absolute atomic E-state index is 0.243. The standard InChI is InChI=1S/C21H31F3O/c1-2-3-4-5-6-7-8-9-10-11-12-13-14-15-16-17-18-19-20(25)21(22,23)24/h6-7,9-10,12-13,15-16H,2-5,8,11,14,17-19H2,1H3/b7-6+,10-9+,13-12-,16-15-. The number of Topliss-reactive ketones (excluding diaryl/α,β-unsaturated/α-hetero) is 1. The summed E-state index contributed by atoms with van der Waals surface area (Å²) in [6, 6.07) is 0. The maximum Gasteiger partial charge on any atom is 0.449 e. The molecular formula is C21H31F3O. The lowest BCUT2D eigenvalue weighted by Gasteiger charge is -2.02. The minimum atomic E-state index is -4.69. The summed E-state index contributed by atoms with van der Waals surface area (Å²) in [7, 11) is 0. The highest BCUT2D eigenvalue weighted by atomic mass is 19.4. The summed E-state index contributed by atoms with van der Waals surface area (Å²) in [6.45, 7) is 2.20. The van der Waals surface area contributed by atoms with Gasteiger partial charge in [-0.2, -0.15) is 13.2 Å². The maximum absolute atomic E-state index is 12.0. The van der Waals surface area contributed by atoms with E-state index in [4.69, 9.17) is 0 Å². The lowest BCUT2D eigenvalue weighted by atomic mass is 10.1. The van der Waals surface area contributed by atoms with Crippen LogP contribution >= 0.6 is 0 Å². The molecule has 0 aliphatic carbocycles. The van der Waals surface area contributed by atoms with E-state index >= 15 is 0 Å². The third kappa shape index (κ3) is 17.0. The average molecular weight is 356 g/mol.